The molecule has 18 heavy (non-hydrogen) atoms. The number of halogens is 4. The van der Waals surface area contributed by atoms with Crippen LogP contribution < -0.4 is 4.90 Å². The molecular formula is C11H7ClF3NO2. The lowest BCUT2D eigenvalue weighted by Gasteiger charge is -2.16. The highest BCUT2D eigenvalue weighted by Crippen LogP contribution is 2.31. The zero-order valence-electron chi connectivity index (χ0n) is 8.92. The summed E-state index contributed by atoms with van der Waals surface area (Å²) in [6.07, 6.45) is -0.210. The number of hydrogen-bond donors (Lipinski definition) is 0. The van der Waals surface area contributed by atoms with Crippen molar-refractivity contribution in [1.82, 2.24) is 0 Å². The van der Waals surface area contributed by atoms with Crippen molar-refractivity contribution >= 4 is 29.1 Å². The predicted octanol–water partition coefficient (Wildman–Crippen LogP) is 2.22. The van der Waals surface area contributed by atoms with Crippen molar-refractivity contribution in [3.8, 4) is 0 Å². The van der Waals surface area contributed by atoms with Gasteiger partial charge in [-0.15, -0.1) is 11.6 Å². The summed E-state index contributed by atoms with van der Waals surface area (Å²) < 4.78 is 39.7. The summed E-state index contributed by atoms with van der Waals surface area (Å²) in [6, 6.07) is 0.819. The van der Waals surface area contributed by atoms with Crippen LogP contribution in [0.5, 0.6) is 0 Å². The Morgan fingerprint density at radius 3 is 2.22 bits per heavy atom. The van der Waals surface area contributed by atoms with Gasteiger partial charge in [0.1, 0.15) is 11.5 Å². The molecule has 0 bridgehead atoms. The van der Waals surface area contributed by atoms with E-state index in [9.17, 15) is 22.8 Å². The van der Waals surface area contributed by atoms with Gasteiger partial charge in [0.2, 0.25) is 11.8 Å². The van der Waals surface area contributed by atoms with Crippen LogP contribution in [0.1, 0.15) is 6.42 Å². The maximum absolute atomic E-state index is 13.5. The molecule has 0 N–H and O–H groups in total. The molecule has 0 aromatic heterocycles. The van der Waals surface area contributed by atoms with Gasteiger partial charge in [-0.25, -0.2) is 18.1 Å². The first-order valence-electron chi connectivity index (χ1n) is 5.03. The van der Waals surface area contributed by atoms with E-state index in [2.05, 4.69) is 0 Å². The van der Waals surface area contributed by atoms with Crippen molar-refractivity contribution in [2.75, 3.05) is 10.8 Å². The third-order valence-corrected chi connectivity index (χ3v) is 3.00. The van der Waals surface area contributed by atoms with E-state index < -0.39 is 40.9 Å². The highest BCUT2D eigenvalue weighted by Gasteiger charge is 2.41. The number of rotatable bonds is 2. The molecule has 1 unspecified atom stereocenters. The van der Waals surface area contributed by atoms with Gasteiger partial charge in [-0.05, 0) is 0 Å². The van der Waals surface area contributed by atoms with Gasteiger partial charge >= 0.3 is 0 Å². The third-order valence-electron chi connectivity index (χ3n) is 2.63. The van der Waals surface area contributed by atoms with Crippen LogP contribution in [0.25, 0.3) is 0 Å². The lowest BCUT2D eigenvalue weighted by molar-refractivity contribution is -0.122. The van der Waals surface area contributed by atoms with Gasteiger partial charge in [0, 0.05) is 24.4 Å². The summed E-state index contributed by atoms with van der Waals surface area (Å²) in [4.78, 5) is 23.7. The van der Waals surface area contributed by atoms with E-state index in [1.165, 1.54) is 0 Å². The predicted molar refractivity (Wildman–Crippen MR) is 57.6 cm³/mol. The zero-order chi connectivity index (χ0) is 13.4. The van der Waals surface area contributed by atoms with Gasteiger partial charge in [-0.2, -0.15) is 0 Å². The standard InChI is InChI=1S/C11H7ClF3NO2/c12-4-5-1-9(17)16(11(5)18)10-7(14)2-6(13)3-8(10)15/h2-3,5H,1,4H2. The van der Waals surface area contributed by atoms with Crippen molar-refractivity contribution in [1.29, 1.82) is 0 Å². The van der Waals surface area contributed by atoms with Crippen LogP contribution in [-0.2, 0) is 9.59 Å². The molecule has 1 saturated heterocycles. The van der Waals surface area contributed by atoms with Crippen LogP contribution in [0.2, 0.25) is 0 Å². The number of carbonyl (C=O) groups excluding carboxylic acids is 2. The number of amides is 2. The van der Waals surface area contributed by atoms with Gasteiger partial charge in [-0.1, -0.05) is 0 Å². The first kappa shape index (κ1) is 12.9. The fourth-order valence-corrected chi connectivity index (χ4v) is 2.04. The van der Waals surface area contributed by atoms with E-state index in [1.54, 1.807) is 0 Å². The first-order chi connectivity index (χ1) is 8.45. The smallest absolute Gasteiger partial charge is 0.238 e. The highest BCUT2D eigenvalue weighted by molar-refractivity contribution is 6.26. The summed E-state index contributed by atoms with van der Waals surface area (Å²) in [6.45, 7) is 0. The van der Waals surface area contributed by atoms with Crippen molar-refractivity contribution in [2.24, 2.45) is 5.92 Å². The molecule has 2 amide bonds. The first-order valence-corrected chi connectivity index (χ1v) is 5.56. The van der Waals surface area contributed by atoms with Crippen molar-refractivity contribution < 1.29 is 22.8 Å². The largest absolute Gasteiger partial charge is 0.274 e. The second-order valence-corrected chi connectivity index (χ2v) is 4.15. The van der Waals surface area contributed by atoms with Crippen LogP contribution in [0.3, 0.4) is 0 Å². The molecule has 1 atom stereocenters. The quantitative estimate of drug-likeness (QED) is 0.614. The number of nitrogens with zero attached hydrogens (tertiary/aromatic N) is 1. The molecule has 1 heterocycles. The Morgan fingerprint density at radius 2 is 1.78 bits per heavy atom. The molecule has 0 spiro atoms. The monoisotopic (exact) mass is 277 g/mol. The van der Waals surface area contributed by atoms with E-state index in [0.29, 0.717) is 17.0 Å². The number of alkyl halides is 1. The van der Waals surface area contributed by atoms with E-state index in [1.807, 2.05) is 0 Å². The minimum Gasteiger partial charge on any atom is -0.274 e. The Hall–Kier alpha value is -1.56. The van der Waals surface area contributed by atoms with Crippen LogP contribution >= 0.6 is 11.6 Å². The number of carbonyl (C=O) groups is 2. The molecule has 0 saturated carbocycles. The molecule has 96 valence electrons. The number of hydrogen-bond acceptors (Lipinski definition) is 2. The van der Waals surface area contributed by atoms with Crippen LogP contribution in [-0.4, -0.2) is 17.7 Å². The van der Waals surface area contributed by atoms with Crippen LogP contribution in [0.4, 0.5) is 18.9 Å². The molecule has 0 radical (unpaired) electrons. The summed E-state index contributed by atoms with van der Waals surface area (Å²) in [5, 5.41) is 0. The van der Waals surface area contributed by atoms with Gasteiger partial charge in [-0.3, -0.25) is 9.59 Å². The minimum atomic E-state index is -1.30. The van der Waals surface area contributed by atoms with Crippen LogP contribution in [0.15, 0.2) is 12.1 Å². The molecule has 1 aliphatic heterocycles. The summed E-state index contributed by atoms with van der Waals surface area (Å²) in [5.41, 5.74) is -0.848. The molecule has 1 aromatic carbocycles. The molecule has 7 heteroatoms. The summed E-state index contributed by atoms with van der Waals surface area (Å²) in [5.74, 6) is -6.18. The zero-order valence-corrected chi connectivity index (χ0v) is 9.68. The molecule has 1 aromatic rings. The normalized spacial score (nSPS) is 19.8. The number of imide groups is 1. The summed E-state index contributed by atoms with van der Waals surface area (Å²) in [7, 11) is 0. The van der Waals surface area contributed by atoms with E-state index in [0.717, 1.165) is 0 Å². The Morgan fingerprint density at radius 1 is 1.22 bits per heavy atom. The Labute approximate surface area is 105 Å². The van der Waals surface area contributed by atoms with Crippen molar-refractivity contribution in [3.63, 3.8) is 0 Å². The molecule has 0 aliphatic carbocycles. The van der Waals surface area contributed by atoms with Gasteiger partial charge in [0.05, 0.1) is 5.92 Å². The minimum absolute atomic E-state index is 0.120. The second kappa shape index (κ2) is 4.61. The molecular weight excluding hydrogens is 271 g/mol. The van der Waals surface area contributed by atoms with Gasteiger partial charge < -0.3 is 0 Å². The molecule has 2 rings (SSSR count). The Kier molecular flexibility index (Phi) is 3.30. The fraction of sp³-hybridized carbons (Fsp3) is 0.273. The second-order valence-electron chi connectivity index (χ2n) is 3.84. The van der Waals surface area contributed by atoms with Gasteiger partial charge in [0.15, 0.2) is 11.6 Å². The maximum atomic E-state index is 13.5. The fourth-order valence-electron chi connectivity index (χ4n) is 1.80. The van der Waals surface area contributed by atoms with Crippen LogP contribution in [0, 0.1) is 23.4 Å². The molecule has 1 aliphatic rings. The van der Waals surface area contributed by atoms with E-state index in [-0.39, 0.29) is 12.3 Å². The average molecular weight is 278 g/mol. The van der Waals surface area contributed by atoms with Crippen molar-refractivity contribution in [2.45, 2.75) is 6.42 Å². The Bertz CT molecular complexity index is 512. The highest BCUT2D eigenvalue weighted by atomic mass is 35.5. The topological polar surface area (TPSA) is 37.4 Å². The number of benzene rings is 1. The Balaban J connectivity index is 2.50. The molecule has 3 nitrogen and oxygen atoms in total. The lowest BCUT2D eigenvalue weighted by Crippen LogP contribution is -2.32. The SMILES string of the molecule is O=C1CC(CCl)C(=O)N1c1c(F)cc(F)cc1F. The molecule has 1 fully saturated rings. The van der Waals surface area contributed by atoms with E-state index in [4.69, 9.17) is 11.6 Å². The van der Waals surface area contributed by atoms with Crippen molar-refractivity contribution in [3.05, 3.63) is 29.6 Å². The third kappa shape index (κ3) is 1.96. The average Bonchev–Trinajstić information content (AvgIpc) is 2.55. The van der Waals surface area contributed by atoms with E-state index >= 15 is 0 Å². The summed E-state index contributed by atoms with van der Waals surface area (Å²) >= 11 is 5.48. The lowest BCUT2D eigenvalue weighted by atomic mass is 10.1. The van der Waals surface area contributed by atoms with Gasteiger partial charge in [0.25, 0.3) is 0 Å². The maximum Gasteiger partial charge on any atom is 0.238 e. The number of anilines is 1.